The summed E-state index contributed by atoms with van der Waals surface area (Å²) in [5, 5.41) is 14.4. The number of hydrogen-bond acceptors (Lipinski definition) is 6. The number of carboxylic acid groups (broad SMARTS) is 1. The summed E-state index contributed by atoms with van der Waals surface area (Å²) in [7, 11) is 3.08. The highest BCUT2D eigenvalue weighted by atomic mass is 16.7. The van der Waals surface area contributed by atoms with Crippen LogP contribution in [0.4, 0.5) is 10.6 Å². The van der Waals surface area contributed by atoms with E-state index < -0.39 is 18.4 Å². The SMILES string of the molecule is COC(OC)c1nc2c(cc1CN1CCC(NC(=O)O)C1=O)CCCN2. The number of ether oxygens (including phenoxy) is 2. The summed E-state index contributed by atoms with van der Waals surface area (Å²) in [6.07, 6.45) is 0.581. The fraction of sp³-hybridized carbons (Fsp3) is 0.588. The molecule has 3 heterocycles. The Balaban J connectivity index is 1.86. The van der Waals surface area contributed by atoms with E-state index in [1.165, 1.54) is 0 Å². The molecule has 9 nitrogen and oxygen atoms in total. The third kappa shape index (κ3) is 3.73. The minimum Gasteiger partial charge on any atom is -0.465 e. The van der Waals surface area contributed by atoms with Crippen molar-refractivity contribution < 1.29 is 24.2 Å². The molecule has 142 valence electrons. The van der Waals surface area contributed by atoms with Crippen molar-refractivity contribution in [3.8, 4) is 0 Å². The lowest BCUT2D eigenvalue weighted by Gasteiger charge is -2.25. The quantitative estimate of drug-likeness (QED) is 0.648. The molecule has 26 heavy (non-hydrogen) atoms. The maximum Gasteiger partial charge on any atom is 0.405 e. The van der Waals surface area contributed by atoms with Gasteiger partial charge in [-0.2, -0.15) is 0 Å². The Morgan fingerprint density at radius 1 is 1.50 bits per heavy atom. The molecule has 1 atom stereocenters. The van der Waals surface area contributed by atoms with Gasteiger partial charge >= 0.3 is 6.09 Å². The number of hydrogen-bond donors (Lipinski definition) is 3. The molecule has 0 bridgehead atoms. The van der Waals surface area contributed by atoms with E-state index in [0.717, 1.165) is 36.3 Å². The van der Waals surface area contributed by atoms with Gasteiger partial charge in [-0.15, -0.1) is 0 Å². The lowest BCUT2D eigenvalue weighted by molar-refractivity contribution is -0.130. The number of pyridine rings is 1. The van der Waals surface area contributed by atoms with Crippen LogP contribution in [-0.2, 0) is 27.2 Å². The van der Waals surface area contributed by atoms with Crippen LogP contribution >= 0.6 is 0 Å². The number of anilines is 1. The predicted molar refractivity (Wildman–Crippen MR) is 92.8 cm³/mol. The maximum absolute atomic E-state index is 12.5. The number of rotatable bonds is 6. The first-order valence-corrected chi connectivity index (χ1v) is 8.64. The second-order valence-electron chi connectivity index (χ2n) is 6.42. The van der Waals surface area contributed by atoms with E-state index in [-0.39, 0.29) is 5.91 Å². The molecule has 3 rings (SSSR count). The Bertz CT molecular complexity index is 692. The van der Waals surface area contributed by atoms with Gasteiger partial charge in [0.1, 0.15) is 17.6 Å². The number of likely N-dealkylation sites (tertiary alicyclic amines) is 1. The highest BCUT2D eigenvalue weighted by molar-refractivity contribution is 5.87. The van der Waals surface area contributed by atoms with Crippen LogP contribution in [0.5, 0.6) is 0 Å². The molecule has 0 aromatic carbocycles. The molecule has 0 spiro atoms. The fourth-order valence-electron chi connectivity index (χ4n) is 3.48. The number of nitrogens with zero attached hydrogens (tertiary/aromatic N) is 2. The summed E-state index contributed by atoms with van der Waals surface area (Å²) in [4.78, 5) is 29.6. The monoisotopic (exact) mass is 364 g/mol. The van der Waals surface area contributed by atoms with Crippen molar-refractivity contribution in [3.63, 3.8) is 0 Å². The number of carbonyl (C=O) groups excluding carboxylic acids is 1. The van der Waals surface area contributed by atoms with Crippen LogP contribution in [-0.4, -0.2) is 60.3 Å². The highest BCUT2D eigenvalue weighted by Gasteiger charge is 2.34. The van der Waals surface area contributed by atoms with Crippen LogP contribution in [0, 0.1) is 0 Å². The van der Waals surface area contributed by atoms with Gasteiger partial charge in [0, 0.05) is 33.9 Å². The van der Waals surface area contributed by atoms with Gasteiger partial charge in [0.25, 0.3) is 0 Å². The van der Waals surface area contributed by atoms with Gasteiger partial charge < -0.3 is 30.1 Å². The van der Waals surface area contributed by atoms with Gasteiger partial charge in [0.2, 0.25) is 12.2 Å². The van der Waals surface area contributed by atoms with E-state index in [1.54, 1.807) is 19.1 Å². The van der Waals surface area contributed by atoms with Gasteiger partial charge in [-0.05, 0) is 36.5 Å². The molecule has 3 N–H and O–H groups in total. The van der Waals surface area contributed by atoms with E-state index >= 15 is 0 Å². The number of carbonyl (C=O) groups is 2. The second-order valence-corrected chi connectivity index (χ2v) is 6.42. The van der Waals surface area contributed by atoms with Crippen LogP contribution in [0.2, 0.25) is 0 Å². The molecular weight excluding hydrogens is 340 g/mol. The molecule has 2 aliphatic rings. The molecule has 1 unspecified atom stereocenters. The first-order valence-electron chi connectivity index (χ1n) is 8.64. The zero-order chi connectivity index (χ0) is 18.7. The van der Waals surface area contributed by atoms with Crippen molar-refractivity contribution in [3.05, 3.63) is 22.9 Å². The van der Waals surface area contributed by atoms with Crippen LogP contribution in [0.1, 0.15) is 36.0 Å². The van der Waals surface area contributed by atoms with E-state index in [2.05, 4.69) is 15.6 Å². The Morgan fingerprint density at radius 3 is 2.96 bits per heavy atom. The van der Waals surface area contributed by atoms with E-state index in [0.29, 0.717) is 25.2 Å². The van der Waals surface area contributed by atoms with Crippen LogP contribution in [0.3, 0.4) is 0 Å². The van der Waals surface area contributed by atoms with Crippen molar-refractivity contribution in [1.82, 2.24) is 15.2 Å². The smallest absolute Gasteiger partial charge is 0.405 e. The Labute approximate surface area is 151 Å². The number of aromatic nitrogens is 1. The number of methoxy groups -OCH3 is 2. The largest absolute Gasteiger partial charge is 0.465 e. The summed E-state index contributed by atoms with van der Waals surface area (Å²) < 4.78 is 10.8. The lowest BCUT2D eigenvalue weighted by atomic mass is 10.0. The zero-order valence-electron chi connectivity index (χ0n) is 14.9. The summed E-state index contributed by atoms with van der Waals surface area (Å²) in [5.41, 5.74) is 2.59. The van der Waals surface area contributed by atoms with Crippen molar-refractivity contribution in [2.75, 3.05) is 32.6 Å². The second kappa shape index (κ2) is 7.88. The third-order valence-electron chi connectivity index (χ3n) is 4.74. The van der Waals surface area contributed by atoms with Crippen molar-refractivity contribution >= 4 is 17.8 Å². The fourth-order valence-corrected chi connectivity index (χ4v) is 3.48. The van der Waals surface area contributed by atoms with Crippen molar-refractivity contribution in [2.45, 2.75) is 38.1 Å². The number of nitrogens with one attached hydrogen (secondary N) is 2. The van der Waals surface area contributed by atoms with Crippen LogP contribution in [0.25, 0.3) is 0 Å². The first-order chi connectivity index (χ1) is 12.5. The molecule has 2 amide bonds. The molecule has 0 aliphatic carbocycles. The van der Waals surface area contributed by atoms with Crippen LogP contribution in [0.15, 0.2) is 6.07 Å². The van der Waals surface area contributed by atoms with Crippen molar-refractivity contribution in [1.29, 1.82) is 0 Å². The third-order valence-corrected chi connectivity index (χ3v) is 4.74. The van der Waals surface area contributed by atoms with Gasteiger partial charge in [-0.25, -0.2) is 9.78 Å². The van der Waals surface area contributed by atoms with E-state index in [1.807, 2.05) is 6.07 Å². The van der Waals surface area contributed by atoms with Gasteiger partial charge in [-0.1, -0.05) is 0 Å². The number of fused-ring (bicyclic) bond motifs is 1. The Kier molecular flexibility index (Phi) is 5.58. The average molecular weight is 364 g/mol. The summed E-state index contributed by atoms with van der Waals surface area (Å²) in [6, 6.07) is 1.35. The normalized spacial score (nSPS) is 19.4. The van der Waals surface area contributed by atoms with Gasteiger partial charge in [0.15, 0.2) is 0 Å². The minimum absolute atomic E-state index is 0.222. The molecular formula is C17H24N4O5. The summed E-state index contributed by atoms with van der Waals surface area (Å²) >= 11 is 0. The molecule has 1 fully saturated rings. The highest BCUT2D eigenvalue weighted by Crippen LogP contribution is 2.29. The molecule has 9 heteroatoms. The average Bonchev–Trinajstić information content (AvgIpc) is 2.96. The van der Waals surface area contributed by atoms with Gasteiger partial charge in [0.05, 0.1) is 0 Å². The lowest BCUT2D eigenvalue weighted by Crippen LogP contribution is -2.40. The molecule has 1 aromatic rings. The molecule has 1 aromatic heterocycles. The molecule has 0 saturated carbocycles. The summed E-state index contributed by atoms with van der Waals surface area (Å²) in [5.74, 6) is 0.604. The zero-order valence-corrected chi connectivity index (χ0v) is 14.9. The Hall–Kier alpha value is -2.39. The van der Waals surface area contributed by atoms with E-state index in [9.17, 15) is 9.59 Å². The number of aryl methyl sites for hydroxylation is 1. The molecule has 2 aliphatic heterocycles. The maximum atomic E-state index is 12.5. The standard InChI is InChI=1S/C17H24N4O5/c1-25-16(26-2)13-11(8-10-4-3-6-18-14(10)20-13)9-21-7-5-12(15(21)22)19-17(23)24/h8,12,16,19H,3-7,9H2,1-2H3,(H,18,20)(H,23,24). The topological polar surface area (TPSA) is 113 Å². The summed E-state index contributed by atoms with van der Waals surface area (Å²) in [6.45, 7) is 1.70. The van der Waals surface area contributed by atoms with Crippen molar-refractivity contribution in [2.24, 2.45) is 0 Å². The molecule has 0 radical (unpaired) electrons. The van der Waals surface area contributed by atoms with Crippen LogP contribution < -0.4 is 10.6 Å². The first kappa shape index (κ1) is 18.4. The minimum atomic E-state index is -1.19. The van der Waals surface area contributed by atoms with E-state index in [4.69, 9.17) is 14.6 Å². The number of amides is 2. The predicted octanol–water partition coefficient (Wildman–Crippen LogP) is 1.10. The van der Waals surface area contributed by atoms with Gasteiger partial charge in [-0.3, -0.25) is 4.79 Å². The Morgan fingerprint density at radius 2 is 2.27 bits per heavy atom. The molecule has 1 saturated heterocycles.